The van der Waals surface area contributed by atoms with Crippen molar-refractivity contribution in [2.75, 3.05) is 44.6 Å². The van der Waals surface area contributed by atoms with Crippen LogP contribution in [-0.2, 0) is 9.47 Å². The highest BCUT2D eigenvalue weighted by atomic mass is 16.5. The fraction of sp³-hybridized carbons (Fsp3) is 0.478. The summed E-state index contributed by atoms with van der Waals surface area (Å²) >= 11 is 0. The van der Waals surface area contributed by atoms with E-state index in [-0.39, 0.29) is 23.6 Å². The molecular formula is C23H31N7O4. The summed E-state index contributed by atoms with van der Waals surface area (Å²) < 4.78 is 13.7. The molecule has 182 valence electrons. The normalized spacial score (nSPS) is 14.6. The van der Waals surface area contributed by atoms with Crippen molar-refractivity contribution in [2.45, 2.75) is 38.3 Å². The van der Waals surface area contributed by atoms with E-state index in [9.17, 15) is 9.59 Å². The second-order valence-electron chi connectivity index (χ2n) is 8.29. The van der Waals surface area contributed by atoms with Gasteiger partial charge in [0.1, 0.15) is 22.9 Å². The van der Waals surface area contributed by atoms with Crippen molar-refractivity contribution in [1.82, 2.24) is 24.5 Å². The Hall–Kier alpha value is -3.44. The predicted octanol–water partition coefficient (Wildman–Crippen LogP) is 2.18. The Balaban J connectivity index is 1.63. The highest BCUT2D eigenvalue weighted by Crippen LogP contribution is 2.22. The lowest BCUT2D eigenvalue weighted by Gasteiger charge is -2.28. The molecule has 0 spiro atoms. The van der Waals surface area contributed by atoms with Gasteiger partial charge in [0.2, 0.25) is 0 Å². The van der Waals surface area contributed by atoms with Gasteiger partial charge in [0.25, 0.3) is 11.5 Å². The van der Waals surface area contributed by atoms with E-state index in [1.54, 1.807) is 41.6 Å². The van der Waals surface area contributed by atoms with Crippen LogP contribution in [0.25, 0.3) is 5.65 Å². The highest BCUT2D eigenvalue weighted by molar-refractivity contribution is 6.00. The number of pyridine rings is 1. The van der Waals surface area contributed by atoms with Gasteiger partial charge in [-0.05, 0) is 18.6 Å². The van der Waals surface area contributed by atoms with Gasteiger partial charge in [-0.3, -0.25) is 9.59 Å². The van der Waals surface area contributed by atoms with Crippen molar-refractivity contribution < 1.29 is 14.3 Å². The molecule has 0 unspecified atom stereocenters. The summed E-state index contributed by atoms with van der Waals surface area (Å²) in [6, 6.07) is 5.19. The average molecular weight is 470 g/mol. The van der Waals surface area contributed by atoms with Gasteiger partial charge in [0.05, 0.1) is 38.1 Å². The fourth-order valence-corrected chi connectivity index (χ4v) is 3.89. The predicted molar refractivity (Wildman–Crippen MR) is 129 cm³/mol. The number of carbonyl (C=O) groups is 1. The van der Waals surface area contributed by atoms with E-state index in [2.05, 4.69) is 33.0 Å². The van der Waals surface area contributed by atoms with Crippen LogP contribution in [0.3, 0.4) is 0 Å². The molecule has 0 saturated carbocycles. The quantitative estimate of drug-likeness (QED) is 0.390. The van der Waals surface area contributed by atoms with Crippen LogP contribution in [0.5, 0.6) is 0 Å². The van der Waals surface area contributed by atoms with E-state index in [0.717, 1.165) is 19.3 Å². The Kier molecular flexibility index (Phi) is 7.43. The van der Waals surface area contributed by atoms with Crippen molar-refractivity contribution in [2.24, 2.45) is 0 Å². The summed E-state index contributed by atoms with van der Waals surface area (Å²) in [5.74, 6) is 0.770. The summed E-state index contributed by atoms with van der Waals surface area (Å²) in [6.07, 6.45) is 6.09. The number of hydrogen-bond donors (Lipinski definition) is 3. The van der Waals surface area contributed by atoms with E-state index < -0.39 is 0 Å². The SMILES string of the molecule is CCCC[C@@H](COC)NC(=O)c1cnn2c(NC)cc(Nc3cccn(C4COC4)c3=O)nc12. The molecule has 3 aromatic rings. The second kappa shape index (κ2) is 10.7. The Labute approximate surface area is 197 Å². The first-order valence-electron chi connectivity index (χ1n) is 11.5. The molecular weight excluding hydrogens is 438 g/mol. The van der Waals surface area contributed by atoms with Gasteiger partial charge in [-0.15, -0.1) is 0 Å². The third kappa shape index (κ3) is 4.90. The van der Waals surface area contributed by atoms with E-state index in [1.165, 1.54) is 6.20 Å². The molecule has 0 bridgehead atoms. The highest BCUT2D eigenvalue weighted by Gasteiger charge is 2.23. The second-order valence-corrected chi connectivity index (χ2v) is 8.29. The van der Waals surface area contributed by atoms with E-state index in [0.29, 0.717) is 48.4 Å². The molecule has 1 aliphatic rings. The molecule has 0 aliphatic carbocycles. The largest absolute Gasteiger partial charge is 0.383 e. The number of rotatable bonds is 11. The molecule has 1 atom stereocenters. The first kappa shape index (κ1) is 23.7. The van der Waals surface area contributed by atoms with Crippen LogP contribution in [-0.4, -0.2) is 65.1 Å². The van der Waals surface area contributed by atoms with Crippen LogP contribution in [0.15, 0.2) is 35.4 Å². The molecule has 3 N–H and O–H groups in total. The number of carbonyl (C=O) groups excluding carboxylic acids is 1. The molecule has 11 heteroatoms. The number of ether oxygens (including phenoxy) is 2. The maximum Gasteiger partial charge on any atom is 0.274 e. The standard InChI is InChI=1S/C23H31N7O4/c1-4-5-7-15(12-33-3)26-22(31)17-11-25-30-20(24-2)10-19(28-21(17)30)27-18-8-6-9-29(23(18)32)16-13-34-14-16/h6,8-11,15-16,24H,4-5,7,12-14H2,1-3H3,(H,26,31)(H,27,28)/t15-/m0/s1. The van der Waals surface area contributed by atoms with Gasteiger partial charge in [-0.1, -0.05) is 19.8 Å². The van der Waals surface area contributed by atoms with Gasteiger partial charge in [-0.2, -0.15) is 9.61 Å². The van der Waals surface area contributed by atoms with Crippen molar-refractivity contribution >= 4 is 28.9 Å². The smallest absolute Gasteiger partial charge is 0.274 e. The van der Waals surface area contributed by atoms with E-state index in [1.807, 2.05) is 6.07 Å². The van der Waals surface area contributed by atoms with E-state index >= 15 is 0 Å². The van der Waals surface area contributed by atoms with Crippen molar-refractivity contribution in [3.8, 4) is 0 Å². The summed E-state index contributed by atoms with van der Waals surface area (Å²) in [5.41, 5.74) is 0.948. The lowest BCUT2D eigenvalue weighted by Crippen LogP contribution is -2.38. The van der Waals surface area contributed by atoms with Crippen molar-refractivity contribution in [1.29, 1.82) is 0 Å². The zero-order valence-electron chi connectivity index (χ0n) is 19.7. The van der Waals surface area contributed by atoms with E-state index in [4.69, 9.17) is 9.47 Å². The minimum absolute atomic E-state index is 0.0374. The van der Waals surface area contributed by atoms with Crippen LogP contribution >= 0.6 is 0 Å². The van der Waals surface area contributed by atoms with Crippen LogP contribution in [0, 0.1) is 0 Å². The molecule has 3 aromatic heterocycles. The van der Waals surface area contributed by atoms with Crippen LogP contribution in [0.1, 0.15) is 42.6 Å². The summed E-state index contributed by atoms with van der Waals surface area (Å²) in [7, 11) is 3.38. The Morgan fingerprint density at radius 3 is 2.88 bits per heavy atom. The molecule has 4 heterocycles. The van der Waals surface area contributed by atoms with Crippen LogP contribution < -0.4 is 21.5 Å². The zero-order valence-corrected chi connectivity index (χ0v) is 19.7. The number of unbranched alkanes of at least 4 members (excludes halogenated alkanes) is 1. The zero-order chi connectivity index (χ0) is 24.1. The van der Waals surface area contributed by atoms with Crippen molar-refractivity contribution in [3.63, 3.8) is 0 Å². The number of amides is 1. The van der Waals surface area contributed by atoms with Crippen molar-refractivity contribution in [3.05, 3.63) is 46.5 Å². The molecule has 1 amide bonds. The first-order valence-corrected chi connectivity index (χ1v) is 11.5. The molecule has 1 fully saturated rings. The minimum atomic E-state index is -0.271. The third-order valence-electron chi connectivity index (χ3n) is 5.83. The Bertz CT molecular complexity index is 1200. The molecule has 34 heavy (non-hydrogen) atoms. The summed E-state index contributed by atoms with van der Waals surface area (Å²) in [6.45, 7) is 3.58. The average Bonchev–Trinajstić information content (AvgIpc) is 3.22. The lowest BCUT2D eigenvalue weighted by molar-refractivity contribution is -0.0247. The number of fused-ring (bicyclic) bond motifs is 1. The first-order chi connectivity index (χ1) is 16.5. The van der Waals surface area contributed by atoms with Gasteiger partial charge in [-0.25, -0.2) is 4.98 Å². The fourth-order valence-electron chi connectivity index (χ4n) is 3.89. The lowest BCUT2D eigenvalue weighted by atomic mass is 10.1. The molecule has 0 radical (unpaired) electrons. The molecule has 4 rings (SSSR count). The summed E-state index contributed by atoms with van der Waals surface area (Å²) in [5, 5.41) is 13.6. The maximum atomic E-state index is 13.1. The number of nitrogens with zero attached hydrogens (tertiary/aromatic N) is 4. The summed E-state index contributed by atoms with van der Waals surface area (Å²) in [4.78, 5) is 30.6. The molecule has 11 nitrogen and oxygen atoms in total. The number of anilines is 3. The number of methoxy groups -OCH3 is 1. The maximum absolute atomic E-state index is 13.1. The molecule has 1 saturated heterocycles. The van der Waals surface area contributed by atoms with Crippen LogP contribution in [0.2, 0.25) is 0 Å². The van der Waals surface area contributed by atoms with Gasteiger partial charge in [0, 0.05) is 26.4 Å². The van der Waals surface area contributed by atoms with Gasteiger partial charge in [0.15, 0.2) is 5.65 Å². The van der Waals surface area contributed by atoms with Crippen LogP contribution in [0.4, 0.5) is 17.3 Å². The number of aromatic nitrogens is 4. The molecule has 1 aliphatic heterocycles. The van der Waals surface area contributed by atoms with Gasteiger partial charge < -0.3 is 30.0 Å². The van der Waals surface area contributed by atoms with Gasteiger partial charge >= 0.3 is 0 Å². The third-order valence-corrected chi connectivity index (χ3v) is 5.83. The molecule has 0 aromatic carbocycles. The number of nitrogens with one attached hydrogen (secondary N) is 3. The topological polar surface area (TPSA) is 124 Å². The minimum Gasteiger partial charge on any atom is -0.383 e. The Morgan fingerprint density at radius 2 is 2.21 bits per heavy atom. The monoisotopic (exact) mass is 469 g/mol. The Morgan fingerprint density at radius 1 is 1.38 bits per heavy atom. The number of hydrogen-bond acceptors (Lipinski definition) is 8.